The van der Waals surface area contributed by atoms with Crippen LogP contribution in [0.4, 0.5) is 18.9 Å². The van der Waals surface area contributed by atoms with Gasteiger partial charge in [0.25, 0.3) is 0 Å². The van der Waals surface area contributed by atoms with E-state index < -0.39 is 11.7 Å². The zero-order valence-electron chi connectivity index (χ0n) is 14.9. The number of nitrogens with zero attached hydrogens (tertiary/aromatic N) is 1. The van der Waals surface area contributed by atoms with Gasteiger partial charge in [0.1, 0.15) is 5.84 Å². The first-order chi connectivity index (χ1) is 13.0. The first-order valence-corrected chi connectivity index (χ1v) is 9.16. The van der Waals surface area contributed by atoms with E-state index in [9.17, 15) is 18.4 Å². The molecule has 2 N–H and O–H groups in total. The van der Waals surface area contributed by atoms with Gasteiger partial charge >= 0.3 is 6.18 Å². The smallest absolute Gasteiger partial charge is 0.409 e. The van der Waals surface area contributed by atoms with Gasteiger partial charge in [0.05, 0.1) is 5.56 Å². The molecule has 1 fully saturated rings. The highest BCUT2D eigenvalue weighted by atomic mass is 19.4. The van der Waals surface area contributed by atoms with Crippen LogP contribution in [0.1, 0.15) is 49.1 Å². The van der Waals surface area contributed by atoms with Crippen LogP contribution in [0.25, 0.3) is 0 Å². The molecule has 0 unspecified atom stereocenters. The van der Waals surface area contributed by atoms with Crippen molar-refractivity contribution in [3.05, 3.63) is 65.7 Å². The van der Waals surface area contributed by atoms with Gasteiger partial charge in [0.2, 0.25) is 0 Å². The van der Waals surface area contributed by atoms with Crippen molar-refractivity contribution in [3.8, 4) is 0 Å². The van der Waals surface area contributed by atoms with E-state index >= 15 is 0 Å². The van der Waals surface area contributed by atoms with E-state index in [4.69, 9.17) is 0 Å². The van der Waals surface area contributed by atoms with Crippen molar-refractivity contribution in [1.29, 1.82) is 0 Å². The molecule has 1 aliphatic carbocycles. The minimum Gasteiger partial charge on any atom is -0.409 e. The molecule has 1 aliphatic rings. The van der Waals surface area contributed by atoms with E-state index in [1.807, 2.05) is 6.07 Å². The molecule has 0 atom stereocenters. The molecular formula is C21H23F3N2O. The minimum atomic E-state index is -4.40. The van der Waals surface area contributed by atoms with E-state index in [0.29, 0.717) is 24.1 Å². The zero-order valence-corrected chi connectivity index (χ0v) is 14.9. The lowest BCUT2D eigenvalue weighted by molar-refractivity contribution is -0.137. The Morgan fingerprint density at radius 2 is 1.70 bits per heavy atom. The molecule has 0 aliphatic heterocycles. The number of benzene rings is 2. The van der Waals surface area contributed by atoms with Gasteiger partial charge in [-0.15, -0.1) is 0 Å². The molecule has 2 aromatic rings. The van der Waals surface area contributed by atoms with Gasteiger partial charge in [-0.2, -0.15) is 13.2 Å². The largest absolute Gasteiger partial charge is 0.416 e. The number of anilines is 1. The number of alkyl halides is 3. The van der Waals surface area contributed by atoms with Gasteiger partial charge in [0.15, 0.2) is 0 Å². The summed E-state index contributed by atoms with van der Waals surface area (Å²) in [6.07, 6.45) is 0.262. The van der Waals surface area contributed by atoms with Crippen LogP contribution in [0.5, 0.6) is 0 Å². The Morgan fingerprint density at radius 1 is 1.00 bits per heavy atom. The molecule has 0 heterocycles. The van der Waals surface area contributed by atoms with Gasteiger partial charge in [-0.1, -0.05) is 41.6 Å². The predicted molar refractivity (Wildman–Crippen MR) is 100 cm³/mol. The van der Waals surface area contributed by atoms with Crippen molar-refractivity contribution in [2.24, 2.45) is 11.1 Å². The molecule has 0 saturated heterocycles. The number of amidine groups is 1. The van der Waals surface area contributed by atoms with Crippen molar-refractivity contribution >= 4 is 11.5 Å². The van der Waals surface area contributed by atoms with Crippen LogP contribution in [-0.2, 0) is 6.18 Å². The normalized spacial score (nSPS) is 21.1. The minimum absolute atomic E-state index is 0.274. The number of halogens is 3. The molecule has 0 spiro atoms. The number of nitrogens with one attached hydrogen (secondary N) is 1. The van der Waals surface area contributed by atoms with Crippen LogP contribution in [0.15, 0.2) is 59.8 Å². The second-order valence-corrected chi connectivity index (χ2v) is 7.08. The first kappa shape index (κ1) is 19.3. The molecule has 1 saturated carbocycles. The van der Waals surface area contributed by atoms with Crippen LogP contribution in [0.3, 0.4) is 0 Å². The number of rotatable bonds is 4. The average Bonchev–Trinajstić information content (AvgIpc) is 2.68. The van der Waals surface area contributed by atoms with Crippen LogP contribution in [-0.4, -0.2) is 11.0 Å². The molecule has 0 radical (unpaired) electrons. The van der Waals surface area contributed by atoms with E-state index in [0.717, 1.165) is 37.8 Å². The highest BCUT2D eigenvalue weighted by molar-refractivity contribution is 5.95. The summed E-state index contributed by atoms with van der Waals surface area (Å²) >= 11 is 0. The second kappa shape index (κ2) is 8.46. The highest BCUT2D eigenvalue weighted by Crippen LogP contribution is 2.37. The lowest BCUT2D eigenvalue weighted by atomic mass is 9.77. The Kier molecular flexibility index (Phi) is 6.04. The summed E-state index contributed by atoms with van der Waals surface area (Å²) < 4.78 is 38.5. The van der Waals surface area contributed by atoms with E-state index in [1.165, 1.54) is 17.7 Å². The average molecular weight is 376 g/mol. The number of hydrogen-bond donors (Lipinski definition) is 2. The standard InChI is InChI=1S/C21H23F3N2O/c22-21(23,24)18-7-4-8-19(14-18)25-20(26-27)13-15-9-11-17(12-10-15)16-5-2-1-3-6-16/h1-8,14-15,17,27H,9-13H2,(H,25,26)/t15-,17+. The second-order valence-electron chi connectivity index (χ2n) is 7.08. The summed E-state index contributed by atoms with van der Waals surface area (Å²) in [5, 5.41) is 15.4. The quantitative estimate of drug-likeness (QED) is 0.286. The van der Waals surface area contributed by atoms with Gasteiger partial charge in [-0.25, -0.2) is 0 Å². The molecule has 0 amide bonds. The molecule has 0 bridgehead atoms. The Morgan fingerprint density at radius 3 is 2.33 bits per heavy atom. The molecule has 27 heavy (non-hydrogen) atoms. The zero-order chi connectivity index (χ0) is 19.3. The van der Waals surface area contributed by atoms with Crippen LogP contribution >= 0.6 is 0 Å². The Hall–Kier alpha value is -2.50. The third-order valence-electron chi connectivity index (χ3n) is 5.20. The molecule has 144 valence electrons. The van der Waals surface area contributed by atoms with Crippen molar-refractivity contribution in [1.82, 2.24) is 0 Å². The molecular weight excluding hydrogens is 353 g/mol. The van der Waals surface area contributed by atoms with Crippen LogP contribution < -0.4 is 5.32 Å². The summed E-state index contributed by atoms with van der Waals surface area (Å²) in [5.41, 5.74) is 0.901. The summed E-state index contributed by atoms with van der Waals surface area (Å²) in [5.74, 6) is 1.21. The number of oxime groups is 1. The van der Waals surface area contributed by atoms with Crippen LogP contribution in [0.2, 0.25) is 0 Å². The van der Waals surface area contributed by atoms with Gasteiger partial charge in [-0.3, -0.25) is 0 Å². The highest BCUT2D eigenvalue weighted by Gasteiger charge is 2.30. The SMILES string of the molecule is ON=C(C[C@H]1CC[C@@H](c2ccccc2)CC1)Nc1cccc(C(F)(F)F)c1. The fraction of sp³-hybridized carbons (Fsp3) is 0.381. The summed E-state index contributed by atoms with van der Waals surface area (Å²) in [7, 11) is 0. The molecule has 0 aromatic heterocycles. The van der Waals surface area contributed by atoms with Crippen molar-refractivity contribution in [3.63, 3.8) is 0 Å². The Labute approximate surface area is 156 Å². The van der Waals surface area contributed by atoms with E-state index in [2.05, 4.69) is 34.7 Å². The lowest BCUT2D eigenvalue weighted by Crippen LogP contribution is -2.21. The predicted octanol–water partition coefficient (Wildman–Crippen LogP) is 6.27. The first-order valence-electron chi connectivity index (χ1n) is 9.16. The Bertz CT molecular complexity index is 766. The van der Waals surface area contributed by atoms with Crippen molar-refractivity contribution in [2.75, 3.05) is 5.32 Å². The van der Waals surface area contributed by atoms with E-state index in [1.54, 1.807) is 0 Å². The van der Waals surface area contributed by atoms with Crippen LogP contribution in [0, 0.1) is 5.92 Å². The molecule has 2 aromatic carbocycles. The fourth-order valence-electron chi connectivity index (χ4n) is 3.76. The molecule has 3 nitrogen and oxygen atoms in total. The molecule has 6 heteroatoms. The molecule has 3 rings (SSSR count). The van der Waals surface area contributed by atoms with Crippen molar-refractivity contribution in [2.45, 2.75) is 44.2 Å². The fourth-order valence-corrected chi connectivity index (χ4v) is 3.76. The van der Waals surface area contributed by atoms with E-state index in [-0.39, 0.29) is 5.69 Å². The summed E-state index contributed by atoms with van der Waals surface area (Å²) in [6, 6.07) is 15.3. The summed E-state index contributed by atoms with van der Waals surface area (Å²) in [6.45, 7) is 0. The maximum absolute atomic E-state index is 12.8. The third-order valence-corrected chi connectivity index (χ3v) is 5.20. The van der Waals surface area contributed by atoms with Gasteiger partial charge < -0.3 is 10.5 Å². The maximum atomic E-state index is 12.8. The van der Waals surface area contributed by atoms with Gasteiger partial charge in [-0.05, 0) is 61.3 Å². The van der Waals surface area contributed by atoms with Gasteiger partial charge in [0, 0.05) is 12.1 Å². The topological polar surface area (TPSA) is 44.6 Å². The van der Waals surface area contributed by atoms with Crippen molar-refractivity contribution < 1.29 is 18.4 Å². The summed E-state index contributed by atoms with van der Waals surface area (Å²) in [4.78, 5) is 0. The third kappa shape index (κ3) is 5.25. The maximum Gasteiger partial charge on any atom is 0.416 e. The Balaban J connectivity index is 1.56. The number of hydrogen-bond acceptors (Lipinski definition) is 2. The lowest BCUT2D eigenvalue weighted by Gasteiger charge is -2.29. The monoisotopic (exact) mass is 376 g/mol.